The Morgan fingerprint density at radius 1 is 1.17 bits per heavy atom. The summed E-state index contributed by atoms with van der Waals surface area (Å²) >= 11 is 5.99. The van der Waals surface area contributed by atoms with E-state index in [2.05, 4.69) is 36.4 Å². The predicted molar refractivity (Wildman–Crippen MR) is 94.7 cm³/mol. The molecule has 4 heteroatoms. The summed E-state index contributed by atoms with van der Waals surface area (Å²) in [5, 5.41) is 4.00. The lowest BCUT2D eigenvalue weighted by Gasteiger charge is -2.24. The molecule has 2 fully saturated rings. The van der Waals surface area contributed by atoms with Gasteiger partial charge in [0.15, 0.2) is 0 Å². The summed E-state index contributed by atoms with van der Waals surface area (Å²) < 4.78 is 0. The van der Waals surface area contributed by atoms with E-state index in [1.807, 2.05) is 12.1 Å². The molecule has 0 aromatic heterocycles. The van der Waals surface area contributed by atoms with Crippen LogP contribution in [0.3, 0.4) is 0 Å². The molecular formula is C19H27ClN2O. The molecule has 2 saturated carbocycles. The highest BCUT2D eigenvalue weighted by molar-refractivity contribution is 6.30. The first-order chi connectivity index (χ1) is 11.0. The first-order valence-electron chi connectivity index (χ1n) is 8.72. The maximum Gasteiger partial charge on any atom is 0.223 e. The van der Waals surface area contributed by atoms with Gasteiger partial charge in [0, 0.05) is 29.9 Å². The van der Waals surface area contributed by atoms with E-state index in [1.165, 1.54) is 31.2 Å². The summed E-state index contributed by atoms with van der Waals surface area (Å²) in [4.78, 5) is 14.8. The summed E-state index contributed by atoms with van der Waals surface area (Å²) in [6.07, 6.45) is 4.97. The smallest absolute Gasteiger partial charge is 0.223 e. The molecule has 2 aliphatic carbocycles. The van der Waals surface area contributed by atoms with Crippen LogP contribution in [-0.2, 0) is 4.79 Å². The van der Waals surface area contributed by atoms with E-state index in [9.17, 15) is 4.79 Å². The van der Waals surface area contributed by atoms with E-state index in [4.69, 9.17) is 11.6 Å². The Labute approximate surface area is 144 Å². The minimum atomic E-state index is 0.278. The normalized spacial score (nSPS) is 19.2. The zero-order valence-electron chi connectivity index (χ0n) is 14.1. The standard InChI is InChI=1S/C19H27ClN2O/c1-22(2)12-16(13-7-9-17(20)10-8-13)11-21-19(23)18(14-3-4-14)15-5-6-15/h7-10,14-16,18H,3-6,11-12H2,1-2H3,(H,21,23). The maximum absolute atomic E-state index is 12.6. The molecule has 3 nitrogen and oxygen atoms in total. The monoisotopic (exact) mass is 334 g/mol. The fourth-order valence-corrected chi connectivity index (χ4v) is 3.65. The quantitative estimate of drug-likeness (QED) is 0.788. The zero-order valence-corrected chi connectivity index (χ0v) is 14.9. The fourth-order valence-electron chi connectivity index (χ4n) is 3.53. The van der Waals surface area contributed by atoms with Gasteiger partial charge in [-0.05, 0) is 69.3 Å². The van der Waals surface area contributed by atoms with Crippen LogP contribution in [0.15, 0.2) is 24.3 Å². The van der Waals surface area contributed by atoms with Gasteiger partial charge in [0.1, 0.15) is 0 Å². The van der Waals surface area contributed by atoms with Gasteiger partial charge in [-0.25, -0.2) is 0 Å². The van der Waals surface area contributed by atoms with Gasteiger partial charge in [-0.15, -0.1) is 0 Å². The number of carbonyl (C=O) groups excluding carboxylic acids is 1. The molecule has 23 heavy (non-hydrogen) atoms. The van der Waals surface area contributed by atoms with Crippen LogP contribution in [0.5, 0.6) is 0 Å². The molecule has 1 aromatic rings. The molecule has 126 valence electrons. The second kappa shape index (κ2) is 7.23. The van der Waals surface area contributed by atoms with Crippen molar-refractivity contribution in [1.29, 1.82) is 0 Å². The first-order valence-corrected chi connectivity index (χ1v) is 9.10. The summed E-state index contributed by atoms with van der Waals surface area (Å²) in [5.74, 6) is 2.17. The predicted octanol–water partition coefficient (Wildman–Crippen LogP) is 3.54. The van der Waals surface area contributed by atoms with Crippen LogP contribution in [0.2, 0.25) is 5.02 Å². The van der Waals surface area contributed by atoms with Gasteiger partial charge in [-0.2, -0.15) is 0 Å². The van der Waals surface area contributed by atoms with Gasteiger partial charge in [0.25, 0.3) is 0 Å². The number of halogens is 1. The summed E-state index contributed by atoms with van der Waals surface area (Å²) in [6.45, 7) is 1.62. The first kappa shape index (κ1) is 16.8. The lowest BCUT2D eigenvalue weighted by molar-refractivity contribution is -0.126. The lowest BCUT2D eigenvalue weighted by atomic mass is 9.95. The molecule has 3 rings (SSSR count). The Bertz CT molecular complexity index is 523. The van der Waals surface area contributed by atoms with E-state index in [0.717, 1.165) is 11.6 Å². The van der Waals surface area contributed by atoms with Crippen molar-refractivity contribution in [3.05, 3.63) is 34.9 Å². The minimum absolute atomic E-state index is 0.278. The van der Waals surface area contributed by atoms with E-state index >= 15 is 0 Å². The second-order valence-corrected chi connectivity index (χ2v) is 7.89. The maximum atomic E-state index is 12.6. The van der Waals surface area contributed by atoms with Crippen molar-refractivity contribution in [1.82, 2.24) is 10.2 Å². The number of rotatable bonds is 8. The Balaban J connectivity index is 1.61. The fraction of sp³-hybridized carbons (Fsp3) is 0.632. The third-order valence-electron chi connectivity index (χ3n) is 5.01. The number of hydrogen-bond donors (Lipinski definition) is 1. The third kappa shape index (κ3) is 4.71. The van der Waals surface area contributed by atoms with Gasteiger partial charge >= 0.3 is 0 Å². The highest BCUT2D eigenvalue weighted by atomic mass is 35.5. The van der Waals surface area contributed by atoms with Crippen molar-refractivity contribution in [2.24, 2.45) is 17.8 Å². The average molecular weight is 335 g/mol. The van der Waals surface area contributed by atoms with Crippen LogP contribution in [0.25, 0.3) is 0 Å². The van der Waals surface area contributed by atoms with Gasteiger partial charge in [0.05, 0.1) is 0 Å². The minimum Gasteiger partial charge on any atom is -0.355 e. The van der Waals surface area contributed by atoms with Crippen molar-refractivity contribution in [3.63, 3.8) is 0 Å². The highest BCUT2D eigenvalue weighted by Crippen LogP contribution is 2.49. The Hall–Kier alpha value is -1.06. The molecule has 2 aliphatic rings. The van der Waals surface area contributed by atoms with Crippen molar-refractivity contribution >= 4 is 17.5 Å². The molecule has 0 saturated heterocycles. The van der Waals surface area contributed by atoms with E-state index < -0.39 is 0 Å². The molecule has 0 heterocycles. The number of benzene rings is 1. The van der Waals surface area contributed by atoms with Gasteiger partial charge in [-0.1, -0.05) is 23.7 Å². The number of carbonyl (C=O) groups is 1. The molecule has 1 atom stereocenters. The molecule has 0 aliphatic heterocycles. The van der Waals surface area contributed by atoms with E-state index in [-0.39, 0.29) is 11.8 Å². The van der Waals surface area contributed by atoms with Crippen molar-refractivity contribution < 1.29 is 4.79 Å². The number of nitrogens with zero attached hydrogens (tertiary/aromatic N) is 1. The number of hydrogen-bond acceptors (Lipinski definition) is 2. The SMILES string of the molecule is CN(C)CC(CNC(=O)C(C1CC1)C1CC1)c1ccc(Cl)cc1. The summed E-state index contributed by atoms with van der Waals surface area (Å²) in [6, 6.07) is 8.00. The van der Waals surface area contributed by atoms with Crippen molar-refractivity contribution in [3.8, 4) is 0 Å². The van der Waals surface area contributed by atoms with Gasteiger partial charge < -0.3 is 10.2 Å². The third-order valence-corrected chi connectivity index (χ3v) is 5.26. The molecule has 1 aromatic carbocycles. The van der Waals surface area contributed by atoms with Crippen LogP contribution in [0.1, 0.15) is 37.2 Å². The molecular weight excluding hydrogens is 308 g/mol. The molecule has 1 amide bonds. The number of nitrogens with one attached hydrogen (secondary N) is 1. The summed E-state index contributed by atoms with van der Waals surface area (Å²) in [5.41, 5.74) is 1.23. The van der Waals surface area contributed by atoms with Crippen LogP contribution in [-0.4, -0.2) is 38.0 Å². The molecule has 0 spiro atoms. The molecule has 1 N–H and O–H groups in total. The van der Waals surface area contributed by atoms with E-state index in [1.54, 1.807) is 0 Å². The number of likely N-dealkylation sites (N-methyl/N-ethyl adjacent to an activating group) is 1. The van der Waals surface area contributed by atoms with Crippen LogP contribution >= 0.6 is 11.6 Å². The van der Waals surface area contributed by atoms with Gasteiger partial charge in [-0.3, -0.25) is 4.79 Å². The van der Waals surface area contributed by atoms with Crippen LogP contribution < -0.4 is 5.32 Å². The van der Waals surface area contributed by atoms with E-state index in [0.29, 0.717) is 24.3 Å². The summed E-state index contributed by atoms with van der Waals surface area (Å²) in [7, 11) is 4.14. The van der Waals surface area contributed by atoms with Crippen molar-refractivity contribution in [2.75, 3.05) is 27.2 Å². The molecule has 0 radical (unpaired) electrons. The van der Waals surface area contributed by atoms with Crippen molar-refractivity contribution in [2.45, 2.75) is 31.6 Å². The van der Waals surface area contributed by atoms with Crippen LogP contribution in [0.4, 0.5) is 0 Å². The molecule has 0 bridgehead atoms. The Kier molecular flexibility index (Phi) is 5.27. The highest BCUT2D eigenvalue weighted by Gasteiger charge is 2.45. The Morgan fingerprint density at radius 3 is 2.22 bits per heavy atom. The largest absolute Gasteiger partial charge is 0.355 e. The Morgan fingerprint density at radius 2 is 1.74 bits per heavy atom. The molecule has 1 unspecified atom stereocenters. The average Bonchev–Trinajstić information content (AvgIpc) is 3.39. The second-order valence-electron chi connectivity index (χ2n) is 7.46. The topological polar surface area (TPSA) is 32.3 Å². The number of amides is 1. The van der Waals surface area contributed by atoms with Gasteiger partial charge in [0.2, 0.25) is 5.91 Å². The van der Waals surface area contributed by atoms with Crippen LogP contribution in [0, 0.1) is 17.8 Å². The lowest BCUT2D eigenvalue weighted by Crippen LogP contribution is -2.38. The zero-order chi connectivity index (χ0) is 16.4.